The fraction of sp³-hybridized carbons (Fsp3) is 0.562. The van der Waals surface area contributed by atoms with Crippen molar-refractivity contribution in [1.29, 1.82) is 0 Å². The van der Waals surface area contributed by atoms with Crippen molar-refractivity contribution in [2.75, 3.05) is 6.54 Å². The zero-order valence-electron chi connectivity index (χ0n) is 12.0. The van der Waals surface area contributed by atoms with Gasteiger partial charge in [0.15, 0.2) is 5.78 Å². The summed E-state index contributed by atoms with van der Waals surface area (Å²) in [5.74, 6) is -0.0662. The van der Waals surface area contributed by atoms with Crippen molar-refractivity contribution < 1.29 is 18.0 Å². The Kier molecular flexibility index (Phi) is 4.71. The standard InChI is InChI=1S/C16H20F3NO/c1-10-8-12(16(17,18)19)6-7-13(10)15(21)14-5-3-2-4-11(14)9-20/h6-8,11,14H,2-5,9,20H2,1H3. The zero-order chi connectivity index (χ0) is 15.6. The molecule has 2 N–H and O–H groups in total. The van der Waals surface area contributed by atoms with Gasteiger partial charge in [0, 0.05) is 11.5 Å². The number of carbonyl (C=O) groups excluding carboxylic acids is 1. The van der Waals surface area contributed by atoms with E-state index < -0.39 is 11.7 Å². The van der Waals surface area contributed by atoms with Crippen LogP contribution in [0.25, 0.3) is 0 Å². The maximum absolute atomic E-state index is 12.7. The normalized spacial score (nSPS) is 23.1. The quantitative estimate of drug-likeness (QED) is 0.858. The zero-order valence-corrected chi connectivity index (χ0v) is 12.0. The number of hydrogen-bond acceptors (Lipinski definition) is 2. The van der Waals surface area contributed by atoms with E-state index in [0.717, 1.165) is 37.8 Å². The van der Waals surface area contributed by atoms with Gasteiger partial charge in [-0.3, -0.25) is 4.79 Å². The summed E-state index contributed by atoms with van der Waals surface area (Å²) in [7, 11) is 0. The number of ketones is 1. The molecule has 2 atom stereocenters. The topological polar surface area (TPSA) is 43.1 Å². The molecule has 0 amide bonds. The van der Waals surface area contributed by atoms with Gasteiger partial charge in [0.05, 0.1) is 5.56 Å². The number of aryl methyl sites for hydroxylation is 1. The lowest BCUT2D eigenvalue weighted by atomic mass is 9.75. The van der Waals surface area contributed by atoms with Crippen molar-refractivity contribution in [3.05, 3.63) is 34.9 Å². The SMILES string of the molecule is Cc1cc(C(F)(F)F)ccc1C(=O)C1CCCCC1CN. The number of benzene rings is 1. The highest BCUT2D eigenvalue weighted by Gasteiger charge is 2.33. The van der Waals surface area contributed by atoms with Gasteiger partial charge in [-0.15, -0.1) is 0 Å². The van der Waals surface area contributed by atoms with Gasteiger partial charge >= 0.3 is 6.18 Å². The molecule has 0 aliphatic heterocycles. The van der Waals surface area contributed by atoms with Crippen LogP contribution in [0.15, 0.2) is 18.2 Å². The van der Waals surface area contributed by atoms with Gasteiger partial charge in [-0.05, 0) is 49.9 Å². The molecule has 1 aliphatic carbocycles. The van der Waals surface area contributed by atoms with E-state index in [9.17, 15) is 18.0 Å². The minimum atomic E-state index is -4.38. The Morgan fingerprint density at radius 1 is 1.29 bits per heavy atom. The van der Waals surface area contributed by atoms with Crippen LogP contribution in [0.2, 0.25) is 0 Å². The summed E-state index contributed by atoms with van der Waals surface area (Å²) < 4.78 is 38.0. The van der Waals surface area contributed by atoms with E-state index in [0.29, 0.717) is 17.7 Å². The minimum Gasteiger partial charge on any atom is -0.330 e. The van der Waals surface area contributed by atoms with Crippen LogP contribution in [0.1, 0.15) is 47.2 Å². The molecule has 0 bridgehead atoms. The molecule has 0 spiro atoms. The van der Waals surface area contributed by atoms with E-state index >= 15 is 0 Å². The molecule has 116 valence electrons. The number of alkyl halides is 3. The van der Waals surface area contributed by atoms with Gasteiger partial charge in [0.25, 0.3) is 0 Å². The maximum Gasteiger partial charge on any atom is 0.416 e. The third kappa shape index (κ3) is 3.46. The highest BCUT2D eigenvalue weighted by Crippen LogP contribution is 2.34. The maximum atomic E-state index is 12.7. The van der Waals surface area contributed by atoms with Crippen molar-refractivity contribution in [2.45, 2.75) is 38.8 Å². The van der Waals surface area contributed by atoms with Gasteiger partial charge in [-0.1, -0.05) is 18.9 Å². The molecular weight excluding hydrogens is 279 g/mol. The molecule has 2 unspecified atom stereocenters. The molecule has 0 heterocycles. The second-order valence-corrected chi connectivity index (χ2v) is 5.78. The second kappa shape index (κ2) is 6.18. The second-order valence-electron chi connectivity index (χ2n) is 5.78. The lowest BCUT2D eigenvalue weighted by molar-refractivity contribution is -0.137. The van der Waals surface area contributed by atoms with Crippen molar-refractivity contribution in [3.63, 3.8) is 0 Å². The fourth-order valence-electron chi connectivity index (χ4n) is 3.15. The van der Waals surface area contributed by atoms with Gasteiger partial charge in [-0.2, -0.15) is 13.2 Å². The third-order valence-electron chi connectivity index (χ3n) is 4.37. The Hall–Kier alpha value is -1.36. The van der Waals surface area contributed by atoms with Crippen LogP contribution in [0.3, 0.4) is 0 Å². The fourth-order valence-corrected chi connectivity index (χ4v) is 3.15. The Morgan fingerprint density at radius 2 is 1.95 bits per heavy atom. The Labute approximate surface area is 122 Å². The number of carbonyl (C=O) groups is 1. The lowest BCUT2D eigenvalue weighted by Crippen LogP contribution is -2.32. The van der Waals surface area contributed by atoms with E-state index in [1.807, 2.05) is 0 Å². The minimum absolute atomic E-state index is 0.0589. The lowest BCUT2D eigenvalue weighted by Gasteiger charge is -2.30. The molecule has 1 aromatic rings. The van der Waals surface area contributed by atoms with Crippen molar-refractivity contribution >= 4 is 5.78 Å². The molecule has 1 saturated carbocycles. The smallest absolute Gasteiger partial charge is 0.330 e. The van der Waals surface area contributed by atoms with Crippen molar-refractivity contribution in [3.8, 4) is 0 Å². The van der Waals surface area contributed by atoms with Gasteiger partial charge in [-0.25, -0.2) is 0 Å². The first kappa shape index (κ1) is 16.0. The van der Waals surface area contributed by atoms with Gasteiger partial charge < -0.3 is 5.73 Å². The van der Waals surface area contributed by atoms with E-state index in [1.54, 1.807) is 6.92 Å². The molecule has 1 fully saturated rings. The van der Waals surface area contributed by atoms with Gasteiger partial charge in [0.1, 0.15) is 0 Å². The number of Topliss-reactive ketones (excluding diaryl/α,β-unsaturated/α-hetero) is 1. The average Bonchev–Trinajstić information content (AvgIpc) is 2.45. The third-order valence-corrected chi connectivity index (χ3v) is 4.37. The van der Waals surface area contributed by atoms with E-state index in [1.165, 1.54) is 6.07 Å². The Morgan fingerprint density at radius 3 is 2.52 bits per heavy atom. The predicted molar refractivity (Wildman–Crippen MR) is 75.0 cm³/mol. The van der Waals surface area contributed by atoms with Crippen LogP contribution in [0.4, 0.5) is 13.2 Å². The van der Waals surface area contributed by atoms with E-state index in [2.05, 4.69) is 0 Å². The summed E-state index contributed by atoms with van der Waals surface area (Å²) >= 11 is 0. The van der Waals surface area contributed by atoms with Crippen molar-refractivity contribution in [2.24, 2.45) is 17.6 Å². The number of nitrogens with two attached hydrogens (primary N) is 1. The molecule has 5 heteroatoms. The summed E-state index contributed by atoms with van der Waals surface area (Å²) in [5.41, 5.74) is 5.80. The monoisotopic (exact) mass is 299 g/mol. The predicted octanol–water partition coefficient (Wildman–Crippen LogP) is 3.96. The average molecular weight is 299 g/mol. The van der Waals surface area contributed by atoms with Crippen LogP contribution in [-0.2, 0) is 6.18 Å². The molecule has 2 rings (SSSR count). The summed E-state index contributed by atoms with van der Waals surface area (Å²) in [5, 5.41) is 0. The Balaban J connectivity index is 2.27. The molecule has 0 saturated heterocycles. The van der Waals surface area contributed by atoms with E-state index in [4.69, 9.17) is 5.73 Å². The van der Waals surface area contributed by atoms with Gasteiger partial charge in [0.2, 0.25) is 0 Å². The molecule has 0 radical (unpaired) electrons. The Bertz CT molecular complexity index is 525. The van der Waals surface area contributed by atoms with Crippen LogP contribution in [0, 0.1) is 18.8 Å². The molecule has 1 aliphatic rings. The largest absolute Gasteiger partial charge is 0.416 e. The summed E-state index contributed by atoms with van der Waals surface area (Å²) in [6, 6.07) is 3.34. The number of halogens is 3. The molecule has 0 aromatic heterocycles. The van der Waals surface area contributed by atoms with Crippen molar-refractivity contribution in [1.82, 2.24) is 0 Å². The molecule has 2 nitrogen and oxygen atoms in total. The molecule has 1 aromatic carbocycles. The van der Waals surface area contributed by atoms with Crippen LogP contribution in [0.5, 0.6) is 0 Å². The van der Waals surface area contributed by atoms with Crippen LogP contribution in [-0.4, -0.2) is 12.3 Å². The summed E-state index contributed by atoms with van der Waals surface area (Å²) in [6.07, 6.45) is -0.630. The highest BCUT2D eigenvalue weighted by atomic mass is 19.4. The van der Waals surface area contributed by atoms with E-state index in [-0.39, 0.29) is 17.6 Å². The summed E-state index contributed by atoms with van der Waals surface area (Å²) in [6.45, 7) is 2.01. The molecule has 21 heavy (non-hydrogen) atoms. The first-order chi connectivity index (χ1) is 9.84. The number of hydrogen-bond donors (Lipinski definition) is 1. The first-order valence-corrected chi connectivity index (χ1v) is 7.26. The number of rotatable bonds is 3. The van der Waals surface area contributed by atoms with Crippen LogP contribution < -0.4 is 5.73 Å². The first-order valence-electron chi connectivity index (χ1n) is 7.26. The highest BCUT2D eigenvalue weighted by molar-refractivity contribution is 5.99. The summed E-state index contributed by atoms with van der Waals surface area (Å²) in [4.78, 5) is 12.6. The van der Waals surface area contributed by atoms with Crippen LogP contribution >= 0.6 is 0 Å². The molecular formula is C16H20F3NO.